The smallest absolute Gasteiger partial charge is 0.223 e. The predicted octanol–water partition coefficient (Wildman–Crippen LogP) is 2.78. The highest BCUT2D eigenvalue weighted by atomic mass is 19.1. The van der Waals surface area contributed by atoms with Gasteiger partial charge < -0.3 is 10.1 Å². The van der Waals surface area contributed by atoms with Crippen molar-refractivity contribution >= 4 is 5.95 Å². The molecule has 0 saturated carbocycles. The van der Waals surface area contributed by atoms with E-state index in [1.165, 1.54) is 13.2 Å². The van der Waals surface area contributed by atoms with Crippen LogP contribution in [0.15, 0.2) is 36.8 Å². The van der Waals surface area contributed by atoms with E-state index >= 15 is 0 Å². The molecular weight excluding hydrogens is 316 g/mol. The average Bonchev–Trinajstić information content (AvgIpc) is 3.02. The molecule has 124 valence electrons. The Balaban J connectivity index is 1.81. The molecule has 2 heterocycles. The number of aryl methyl sites for hydroxylation is 1. The van der Waals surface area contributed by atoms with Crippen molar-refractivity contribution in [1.29, 1.82) is 0 Å². The maximum absolute atomic E-state index is 14.1. The fourth-order valence-electron chi connectivity index (χ4n) is 2.22. The third-order valence-corrected chi connectivity index (χ3v) is 3.45. The third-order valence-electron chi connectivity index (χ3n) is 3.45. The minimum atomic E-state index is -0.742. The molecule has 1 N–H and O–H groups in total. The molecule has 0 spiro atoms. The summed E-state index contributed by atoms with van der Waals surface area (Å²) < 4.78 is 34.5. The molecule has 0 atom stereocenters. The normalized spacial score (nSPS) is 10.7. The Bertz CT molecular complexity index is 865. The SMILES string of the molecule is COc1ccc(F)c(CNc2nccc(-c3cnn(C)c3)n2)c1F. The maximum Gasteiger partial charge on any atom is 0.223 e. The zero-order valence-electron chi connectivity index (χ0n) is 13.1. The van der Waals surface area contributed by atoms with E-state index in [1.54, 1.807) is 30.2 Å². The van der Waals surface area contributed by atoms with Crippen molar-refractivity contribution < 1.29 is 13.5 Å². The standard InChI is InChI=1S/C16H15F2N5O/c1-23-9-10(7-21-23)13-5-6-19-16(22-13)20-8-11-12(17)3-4-14(24-2)15(11)18/h3-7,9H,8H2,1-2H3,(H,19,20,22). The molecule has 0 aliphatic heterocycles. The molecule has 24 heavy (non-hydrogen) atoms. The third kappa shape index (κ3) is 3.17. The highest BCUT2D eigenvalue weighted by molar-refractivity contribution is 5.57. The van der Waals surface area contributed by atoms with Gasteiger partial charge in [0.15, 0.2) is 11.6 Å². The van der Waals surface area contributed by atoms with Gasteiger partial charge in [-0.15, -0.1) is 0 Å². The van der Waals surface area contributed by atoms with Crippen LogP contribution < -0.4 is 10.1 Å². The molecule has 3 rings (SSSR count). The summed E-state index contributed by atoms with van der Waals surface area (Å²) in [7, 11) is 3.13. The molecule has 0 aliphatic carbocycles. The second-order valence-electron chi connectivity index (χ2n) is 5.06. The first kappa shape index (κ1) is 15.9. The van der Waals surface area contributed by atoms with Crippen LogP contribution >= 0.6 is 0 Å². The van der Waals surface area contributed by atoms with E-state index in [-0.39, 0.29) is 23.8 Å². The second kappa shape index (κ2) is 6.61. The van der Waals surface area contributed by atoms with E-state index in [1.807, 2.05) is 6.20 Å². The van der Waals surface area contributed by atoms with Gasteiger partial charge in [-0.1, -0.05) is 0 Å². The van der Waals surface area contributed by atoms with Crippen LogP contribution in [0.4, 0.5) is 14.7 Å². The first-order valence-electron chi connectivity index (χ1n) is 7.15. The van der Waals surface area contributed by atoms with Gasteiger partial charge in [-0.05, 0) is 18.2 Å². The number of hydrogen-bond donors (Lipinski definition) is 1. The van der Waals surface area contributed by atoms with E-state index in [4.69, 9.17) is 4.74 Å². The number of nitrogens with zero attached hydrogens (tertiary/aromatic N) is 4. The summed E-state index contributed by atoms with van der Waals surface area (Å²) in [5.41, 5.74) is 1.35. The van der Waals surface area contributed by atoms with Crippen molar-refractivity contribution in [2.75, 3.05) is 12.4 Å². The zero-order valence-corrected chi connectivity index (χ0v) is 13.1. The number of benzene rings is 1. The molecule has 0 fully saturated rings. The summed E-state index contributed by atoms with van der Waals surface area (Å²) in [5.74, 6) is -1.16. The maximum atomic E-state index is 14.1. The number of rotatable bonds is 5. The lowest BCUT2D eigenvalue weighted by Gasteiger charge is -2.10. The fourth-order valence-corrected chi connectivity index (χ4v) is 2.22. The van der Waals surface area contributed by atoms with Gasteiger partial charge in [0, 0.05) is 37.1 Å². The summed E-state index contributed by atoms with van der Waals surface area (Å²) in [6, 6.07) is 4.13. The van der Waals surface area contributed by atoms with Crippen molar-refractivity contribution in [2.45, 2.75) is 6.54 Å². The van der Waals surface area contributed by atoms with Gasteiger partial charge in [0.05, 0.1) is 19.0 Å². The summed E-state index contributed by atoms with van der Waals surface area (Å²) >= 11 is 0. The molecule has 2 aromatic heterocycles. The van der Waals surface area contributed by atoms with E-state index in [0.29, 0.717) is 5.69 Å². The lowest BCUT2D eigenvalue weighted by Crippen LogP contribution is -2.08. The Labute approximate surface area is 137 Å². The summed E-state index contributed by atoms with van der Waals surface area (Å²) in [6.45, 7) is -0.106. The number of hydrogen-bond acceptors (Lipinski definition) is 5. The molecule has 0 bridgehead atoms. The van der Waals surface area contributed by atoms with Gasteiger partial charge >= 0.3 is 0 Å². The van der Waals surface area contributed by atoms with Crippen LogP contribution in [0.25, 0.3) is 11.3 Å². The van der Waals surface area contributed by atoms with Gasteiger partial charge in [0.2, 0.25) is 5.95 Å². The van der Waals surface area contributed by atoms with E-state index in [2.05, 4.69) is 20.4 Å². The fraction of sp³-hybridized carbons (Fsp3) is 0.188. The molecule has 8 heteroatoms. The van der Waals surface area contributed by atoms with Gasteiger partial charge in [0.25, 0.3) is 0 Å². The minimum Gasteiger partial charge on any atom is -0.494 e. The molecule has 0 unspecified atom stereocenters. The zero-order chi connectivity index (χ0) is 17.1. The number of anilines is 1. The summed E-state index contributed by atoms with van der Waals surface area (Å²) in [6.07, 6.45) is 5.05. The van der Waals surface area contributed by atoms with Crippen molar-refractivity contribution in [3.63, 3.8) is 0 Å². The van der Waals surface area contributed by atoms with Crippen LogP contribution in [-0.4, -0.2) is 26.9 Å². The number of ether oxygens (including phenoxy) is 1. The number of aromatic nitrogens is 4. The number of methoxy groups -OCH3 is 1. The van der Waals surface area contributed by atoms with Crippen LogP contribution in [0.5, 0.6) is 5.75 Å². The minimum absolute atomic E-state index is 0.0155. The largest absolute Gasteiger partial charge is 0.494 e. The second-order valence-corrected chi connectivity index (χ2v) is 5.06. The molecule has 0 saturated heterocycles. The molecule has 1 aromatic carbocycles. The van der Waals surface area contributed by atoms with Crippen molar-refractivity contribution in [1.82, 2.24) is 19.7 Å². The Hall–Kier alpha value is -3.03. The van der Waals surface area contributed by atoms with Crippen LogP contribution in [0.1, 0.15) is 5.56 Å². The lowest BCUT2D eigenvalue weighted by molar-refractivity contribution is 0.381. The Morgan fingerprint density at radius 1 is 1.25 bits per heavy atom. The molecule has 3 aromatic rings. The highest BCUT2D eigenvalue weighted by Crippen LogP contribution is 2.24. The quantitative estimate of drug-likeness (QED) is 0.779. The lowest BCUT2D eigenvalue weighted by atomic mass is 10.2. The molecule has 6 nitrogen and oxygen atoms in total. The Morgan fingerprint density at radius 3 is 2.79 bits per heavy atom. The summed E-state index contributed by atoms with van der Waals surface area (Å²) in [4.78, 5) is 8.38. The molecule has 0 amide bonds. The molecule has 0 radical (unpaired) electrons. The predicted molar refractivity (Wildman–Crippen MR) is 84.5 cm³/mol. The first-order chi connectivity index (χ1) is 11.6. The van der Waals surface area contributed by atoms with Crippen LogP contribution in [0.2, 0.25) is 0 Å². The number of nitrogens with one attached hydrogen (secondary N) is 1. The van der Waals surface area contributed by atoms with Crippen molar-refractivity contribution in [2.24, 2.45) is 7.05 Å². The molecule has 0 aliphatic rings. The van der Waals surface area contributed by atoms with Crippen molar-refractivity contribution in [3.05, 3.63) is 54.0 Å². The summed E-state index contributed by atoms with van der Waals surface area (Å²) in [5, 5.41) is 6.91. The highest BCUT2D eigenvalue weighted by Gasteiger charge is 2.14. The van der Waals surface area contributed by atoms with E-state index in [0.717, 1.165) is 11.6 Å². The van der Waals surface area contributed by atoms with Crippen LogP contribution in [-0.2, 0) is 13.6 Å². The van der Waals surface area contributed by atoms with Crippen molar-refractivity contribution in [3.8, 4) is 17.0 Å². The average molecular weight is 331 g/mol. The van der Waals surface area contributed by atoms with Crippen LogP contribution in [0.3, 0.4) is 0 Å². The monoisotopic (exact) mass is 331 g/mol. The topological polar surface area (TPSA) is 64.9 Å². The van der Waals surface area contributed by atoms with Crippen LogP contribution in [0, 0.1) is 11.6 Å². The Morgan fingerprint density at radius 2 is 2.08 bits per heavy atom. The van der Waals surface area contributed by atoms with Gasteiger partial charge in [-0.2, -0.15) is 5.10 Å². The molecular formula is C16H15F2N5O. The van der Waals surface area contributed by atoms with E-state index < -0.39 is 11.6 Å². The van der Waals surface area contributed by atoms with Gasteiger partial charge in [-0.3, -0.25) is 4.68 Å². The Kier molecular flexibility index (Phi) is 4.37. The number of halogens is 2. The van der Waals surface area contributed by atoms with E-state index in [9.17, 15) is 8.78 Å². The first-order valence-corrected chi connectivity index (χ1v) is 7.15. The van der Waals surface area contributed by atoms with Gasteiger partial charge in [-0.25, -0.2) is 18.7 Å². The van der Waals surface area contributed by atoms with Gasteiger partial charge in [0.1, 0.15) is 5.82 Å².